The molecule has 0 aliphatic carbocycles. The number of Topliss-reactive ketones (excluding diaryl/α,β-unsaturated/α-hetero) is 2. The first-order valence-corrected chi connectivity index (χ1v) is 37.3. The van der Waals surface area contributed by atoms with Gasteiger partial charge in [-0.05, 0) is 128 Å². The molecule has 5 unspecified atom stereocenters. The Kier molecular flexibility index (Phi) is 31.3. The van der Waals surface area contributed by atoms with E-state index in [9.17, 15) is 57.3 Å². The Hall–Kier alpha value is -6.38. The number of pyridine rings is 3. The Morgan fingerprint density at radius 2 is 1.05 bits per heavy atom. The van der Waals surface area contributed by atoms with Crippen LogP contribution in [0.3, 0.4) is 0 Å². The van der Waals surface area contributed by atoms with E-state index in [1.165, 1.54) is 13.0 Å². The number of carbonyl (C=O) groups is 4. The second-order valence-corrected chi connectivity index (χ2v) is 30.0. The molecule has 0 spiro atoms. The molecule has 1 amide bonds. The first-order valence-electron chi connectivity index (χ1n) is 34.1. The van der Waals surface area contributed by atoms with Crippen LogP contribution in [-0.2, 0) is 56.2 Å². The number of amides is 1. The summed E-state index contributed by atoms with van der Waals surface area (Å²) in [5.74, 6) is -1.83. The molecule has 5 atom stereocenters. The van der Waals surface area contributed by atoms with Gasteiger partial charge in [-0.25, -0.2) is 4.79 Å². The third-order valence-electron chi connectivity index (χ3n) is 19.8. The van der Waals surface area contributed by atoms with Gasteiger partial charge >= 0.3 is 60.6 Å². The predicted octanol–water partition coefficient (Wildman–Crippen LogP) is 7.99. The standard InChI is InChI=1S/C26H24F3N3O3.C14H12BrNO3.C13H10BrNO4.C12H14BrNO2.C12H12BrNO2.CH4.B.Li.Na.H2O.H/c1-15-2-4-18(31-25(34)17-6-7-30-24(11-17)26(27,28)29)12-21(15)16-3-5-20-22(10-16)32-8-9-35-14-19(32)13-23(20)33;1-8(17)13-12-7-19-5-4-16(12)11-6-9(15)2-3-10(11)14(13)18;14-7-1-2-8-9(5-7)15-3-4-19-6-10(15)11(12(8)16)13(17)18;2*13-8-1-2-10-11(5-8)14-3-4-16-7-9(14)6-12(10)15;;;;;;/h2-7,10-12,19,23,33H,8-9,13-14H2,1H3,(H,31,34);2-3,6H,4-5,7H2,1H3;1-2,5H,3-4,6H2,(H,17,18);1-2,5,9,12,15H,3-4,6-7H2;1-2,5,9H,3-4,6-7H2;1H4;;;;1H2;/q;;;;;;;2*+1;;-1/p-1. The van der Waals surface area contributed by atoms with Gasteiger partial charge in [-0.15, -0.1) is 0 Å². The summed E-state index contributed by atoms with van der Waals surface area (Å²) >= 11 is 13.7. The smallest absolute Gasteiger partial charge is 1.00 e. The summed E-state index contributed by atoms with van der Waals surface area (Å²) in [6, 6.07) is 36.6. The molecule has 3 aromatic heterocycles. The van der Waals surface area contributed by atoms with Gasteiger partial charge < -0.3 is 75.1 Å². The number of alkyl halides is 3. The summed E-state index contributed by atoms with van der Waals surface area (Å²) in [6.45, 7) is 12.8. The molecule has 22 nitrogen and oxygen atoms in total. The van der Waals surface area contributed by atoms with Gasteiger partial charge in [0.25, 0.3) is 5.91 Å². The Bertz CT molecular complexity index is 4930. The van der Waals surface area contributed by atoms with Crippen LogP contribution in [0.15, 0.2) is 155 Å². The number of aryl methyl sites for hydroxylation is 1. The van der Waals surface area contributed by atoms with E-state index in [2.05, 4.69) is 94.8 Å². The largest absolute Gasteiger partial charge is 1.00 e. The van der Waals surface area contributed by atoms with E-state index in [0.717, 1.165) is 138 Å². The molecule has 17 rings (SSSR count). The topological polar surface area (TPSA) is 284 Å². The van der Waals surface area contributed by atoms with E-state index in [1.54, 1.807) is 30.3 Å². The van der Waals surface area contributed by atoms with Crippen LogP contribution in [0, 0.1) is 6.92 Å². The van der Waals surface area contributed by atoms with E-state index in [1.807, 2.05) is 88.9 Å². The number of rotatable bonds is 5. The number of aliphatic hydroxyl groups excluding tert-OH is 2. The number of aromatic carboxylic acids is 1. The molecule has 569 valence electrons. The van der Waals surface area contributed by atoms with Crippen LogP contribution in [0.1, 0.15) is 122 Å². The van der Waals surface area contributed by atoms with Crippen molar-refractivity contribution in [1.29, 1.82) is 0 Å². The molecule has 110 heavy (non-hydrogen) atoms. The Morgan fingerprint density at radius 3 is 1.60 bits per heavy atom. The molecule has 3 radical (unpaired) electrons. The number of carboxylic acids is 1. The molecule has 3 saturated heterocycles. The number of nitrogens with zero attached hydrogens (tertiary/aromatic N) is 6. The number of aliphatic hydroxyl groups is 2. The minimum absolute atomic E-state index is 0. The Morgan fingerprint density at radius 1 is 0.582 bits per heavy atom. The molecule has 0 bridgehead atoms. The van der Waals surface area contributed by atoms with Crippen LogP contribution in [0.2, 0.25) is 0 Å². The number of anilines is 4. The van der Waals surface area contributed by atoms with Gasteiger partial charge in [0.2, 0.25) is 10.9 Å². The van der Waals surface area contributed by atoms with Crippen molar-refractivity contribution in [1.82, 2.24) is 14.1 Å². The fourth-order valence-corrected chi connectivity index (χ4v) is 16.1. The van der Waals surface area contributed by atoms with Crippen molar-refractivity contribution in [3.63, 3.8) is 0 Å². The van der Waals surface area contributed by atoms with E-state index in [0.29, 0.717) is 99.5 Å². The molecular weight excluding hydrogens is 1690 g/mol. The minimum Gasteiger partial charge on any atom is -1.00 e. The van der Waals surface area contributed by atoms with Crippen LogP contribution >= 0.6 is 63.7 Å². The van der Waals surface area contributed by atoms with E-state index < -0.39 is 35.3 Å². The quantitative estimate of drug-likeness (QED) is 0.0938. The molecule has 3 fully saturated rings. The summed E-state index contributed by atoms with van der Waals surface area (Å²) in [5, 5.41) is 33.7. The van der Waals surface area contributed by atoms with Gasteiger partial charge in [0.15, 0.2) is 11.6 Å². The fraction of sp³-hybridized carbons (Fsp3) is 0.346. The van der Waals surface area contributed by atoms with Crippen LogP contribution in [-0.4, -0.2) is 157 Å². The molecule has 32 heteroatoms. The Balaban J connectivity index is 0.000000197. The molecule has 6 aromatic carbocycles. The third kappa shape index (κ3) is 19.3. The van der Waals surface area contributed by atoms with Gasteiger partial charge in [0.05, 0.1) is 124 Å². The number of ether oxygens (including phenoxy) is 5. The van der Waals surface area contributed by atoms with Crippen molar-refractivity contribution in [3.05, 3.63) is 222 Å². The number of hydrogen-bond acceptors (Lipinski definition) is 18. The van der Waals surface area contributed by atoms with Gasteiger partial charge in [-0.1, -0.05) is 95.4 Å². The Labute approximate surface area is 703 Å². The normalized spacial score (nSPS) is 18.8. The summed E-state index contributed by atoms with van der Waals surface area (Å²) in [4.78, 5) is 82.7. The summed E-state index contributed by atoms with van der Waals surface area (Å²) in [7, 11) is 0. The fourth-order valence-electron chi connectivity index (χ4n) is 14.8. The zero-order valence-electron chi connectivity index (χ0n) is 60.9. The molecule has 0 saturated carbocycles. The number of morpholine rings is 3. The summed E-state index contributed by atoms with van der Waals surface area (Å²) in [6.07, 6.45) is -2.60. The van der Waals surface area contributed by atoms with Gasteiger partial charge in [0, 0.05) is 140 Å². The second kappa shape index (κ2) is 38.6. The van der Waals surface area contributed by atoms with Crippen molar-refractivity contribution in [2.45, 2.75) is 103 Å². The van der Waals surface area contributed by atoms with Gasteiger partial charge in [-0.3, -0.25) is 29.0 Å². The van der Waals surface area contributed by atoms with Crippen molar-refractivity contribution in [2.24, 2.45) is 0 Å². The first kappa shape index (κ1) is 89.2. The molecule has 8 aliphatic heterocycles. The van der Waals surface area contributed by atoms with Gasteiger partial charge in [0.1, 0.15) is 11.3 Å². The van der Waals surface area contributed by atoms with Gasteiger partial charge in [-0.2, -0.15) is 13.2 Å². The molecule has 5 N–H and O–H groups in total. The number of ketones is 2. The maximum atomic E-state index is 13.0. The number of fused-ring (bicyclic) bond motifs is 15. The number of carbonyl (C=O) groups excluding carboxylic acids is 3. The number of aromatic nitrogens is 3. The van der Waals surface area contributed by atoms with E-state index in [-0.39, 0.29) is 130 Å². The SMILES string of the molecule is C.CC(=O)c1c2n(c3cc(Br)ccc3c1=O)CCOC2.Cc1ccc(NC(=O)c2ccnc(C(F)(F)F)c2)cc1-c1ccc2c(c1)N1CCOCC1CC2O.O=C(O)c1c2n(c3cc(Br)ccc3c1=O)CCOC2.O=C1CC2COCCN2c2cc(Br)ccc21.OC1CC2COCCN2c2cc(Br)ccc21.[B].[H-].[Li+].[Na+].[OH-]. The first-order chi connectivity index (χ1) is 50.4. The number of carboxylic acid groups (broad SMARTS) is 1. The van der Waals surface area contributed by atoms with Crippen LogP contribution in [0.5, 0.6) is 0 Å². The van der Waals surface area contributed by atoms with Crippen molar-refractivity contribution in [2.75, 3.05) is 92.5 Å². The molecule has 8 aliphatic rings. The zero-order valence-corrected chi connectivity index (χ0v) is 68.3. The predicted molar refractivity (Wildman–Crippen MR) is 420 cm³/mol. The maximum Gasteiger partial charge on any atom is 1.00 e. The molecular formula is C78H78BBr4F3LiN7NaO15. The maximum absolute atomic E-state index is 13.0. The van der Waals surface area contributed by atoms with Crippen LogP contribution in [0.25, 0.3) is 32.9 Å². The minimum atomic E-state index is -4.63. The summed E-state index contributed by atoms with van der Waals surface area (Å²) in [5.41, 5.74) is 10.1. The summed E-state index contributed by atoms with van der Waals surface area (Å²) < 4.78 is 73.8. The van der Waals surface area contributed by atoms with Crippen molar-refractivity contribution < 1.29 is 127 Å². The van der Waals surface area contributed by atoms with Crippen LogP contribution in [0.4, 0.5) is 35.9 Å². The van der Waals surface area contributed by atoms with E-state index >= 15 is 0 Å². The number of benzene rings is 6. The third-order valence-corrected chi connectivity index (χ3v) is 21.8. The van der Waals surface area contributed by atoms with Crippen molar-refractivity contribution >= 4 is 140 Å². The number of nitrogens with one attached hydrogen (secondary N) is 1. The number of hydrogen-bond donors (Lipinski definition) is 4. The average Bonchev–Trinajstić information content (AvgIpc) is 0.770. The van der Waals surface area contributed by atoms with Crippen molar-refractivity contribution in [3.8, 4) is 11.1 Å². The zero-order chi connectivity index (χ0) is 74.1. The van der Waals surface area contributed by atoms with Crippen LogP contribution < -0.4 is 79.3 Å². The number of halogens is 7. The second-order valence-electron chi connectivity index (χ2n) is 26.3. The monoisotopic (exact) mass is 1770 g/mol. The van der Waals surface area contributed by atoms with E-state index in [4.69, 9.17) is 23.7 Å². The molecule has 11 heterocycles. The molecule has 9 aromatic rings. The average molecular weight is 1770 g/mol.